The van der Waals surface area contributed by atoms with E-state index in [1.807, 2.05) is 30.3 Å². The Hall–Kier alpha value is -1.60. The van der Waals surface area contributed by atoms with Crippen molar-refractivity contribution in [1.29, 1.82) is 0 Å². The maximum absolute atomic E-state index is 12.8. The highest BCUT2D eigenvalue weighted by atomic mass is 35.5. The zero-order chi connectivity index (χ0) is 18.4. The summed E-state index contributed by atoms with van der Waals surface area (Å²) >= 11 is 7.55. The van der Waals surface area contributed by atoms with Crippen molar-refractivity contribution in [3.05, 3.63) is 47.2 Å². The van der Waals surface area contributed by atoms with Crippen LogP contribution in [-0.2, 0) is 20.1 Å². The van der Waals surface area contributed by atoms with Gasteiger partial charge in [0, 0.05) is 21.6 Å². The Morgan fingerprint density at radius 3 is 2.89 bits per heavy atom. The summed E-state index contributed by atoms with van der Waals surface area (Å²) in [6, 6.07) is 9.58. The third kappa shape index (κ3) is 3.36. The fourth-order valence-electron chi connectivity index (χ4n) is 3.69. The predicted molar refractivity (Wildman–Crippen MR) is 103 cm³/mol. The molecule has 5 rings (SSSR count). The Kier molecular flexibility index (Phi) is 4.39. The Bertz CT molecular complexity index is 905. The second-order valence-corrected chi connectivity index (χ2v) is 8.78. The standard InChI is InChI=1S/C20H19ClN2O3S/c21-18-11-15(5-7-22-18)27-14-3-4-17-16(10-14)20(19(24)23-17)25-8-6-13(26-20)9-12-1-2-12/h3-5,7,10-13H,1-2,6,8-9H2,(H,23,24)/t13?,20-/m1/s1. The molecule has 2 aromatic rings. The van der Waals surface area contributed by atoms with Crippen molar-refractivity contribution in [2.75, 3.05) is 11.9 Å². The highest BCUT2D eigenvalue weighted by Gasteiger charge is 2.53. The van der Waals surface area contributed by atoms with Crippen LogP contribution >= 0.6 is 23.4 Å². The Morgan fingerprint density at radius 1 is 1.22 bits per heavy atom. The van der Waals surface area contributed by atoms with E-state index in [0.29, 0.717) is 11.8 Å². The minimum atomic E-state index is -1.32. The summed E-state index contributed by atoms with van der Waals surface area (Å²) in [6.07, 6.45) is 6.14. The van der Waals surface area contributed by atoms with Crippen molar-refractivity contribution < 1.29 is 14.3 Å². The molecule has 0 radical (unpaired) electrons. The first-order valence-electron chi connectivity index (χ1n) is 9.19. The van der Waals surface area contributed by atoms with E-state index in [0.717, 1.165) is 39.8 Å². The number of nitrogens with one attached hydrogen (secondary N) is 1. The van der Waals surface area contributed by atoms with E-state index < -0.39 is 5.79 Å². The van der Waals surface area contributed by atoms with Crippen molar-refractivity contribution in [3.8, 4) is 0 Å². The molecule has 7 heteroatoms. The highest BCUT2D eigenvalue weighted by molar-refractivity contribution is 7.99. The Labute approximate surface area is 166 Å². The van der Waals surface area contributed by atoms with Gasteiger partial charge in [-0.05, 0) is 49.1 Å². The number of aromatic nitrogens is 1. The van der Waals surface area contributed by atoms with Crippen molar-refractivity contribution in [3.63, 3.8) is 0 Å². The molecule has 3 heterocycles. The molecule has 5 nitrogen and oxygen atoms in total. The van der Waals surface area contributed by atoms with Crippen LogP contribution in [0.25, 0.3) is 0 Å². The number of anilines is 1. The van der Waals surface area contributed by atoms with Crippen molar-refractivity contribution >= 4 is 35.0 Å². The monoisotopic (exact) mass is 402 g/mol. The van der Waals surface area contributed by atoms with Gasteiger partial charge in [0.15, 0.2) is 0 Å². The number of hydrogen-bond donors (Lipinski definition) is 1. The van der Waals surface area contributed by atoms with Gasteiger partial charge in [-0.15, -0.1) is 0 Å². The first-order chi connectivity index (χ1) is 13.1. The lowest BCUT2D eigenvalue weighted by Gasteiger charge is -2.37. The quantitative estimate of drug-likeness (QED) is 0.757. The van der Waals surface area contributed by atoms with E-state index in [2.05, 4.69) is 10.3 Å². The Balaban J connectivity index is 1.45. The normalized spacial score (nSPS) is 26.9. The molecule has 2 fully saturated rings. The van der Waals surface area contributed by atoms with Crippen LogP contribution in [0, 0.1) is 5.92 Å². The number of fused-ring (bicyclic) bond motifs is 2. The van der Waals surface area contributed by atoms with Crippen molar-refractivity contribution in [2.24, 2.45) is 5.92 Å². The van der Waals surface area contributed by atoms with Crippen LogP contribution in [0.15, 0.2) is 46.3 Å². The molecular formula is C20H19ClN2O3S. The van der Waals surface area contributed by atoms with Crippen molar-refractivity contribution in [1.82, 2.24) is 4.98 Å². The molecule has 2 atom stereocenters. The van der Waals surface area contributed by atoms with Gasteiger partial charge in [-0.25, -0.2) is 4.98 Å². The van der Waals surface area contributed by atoms with Crippen LogP contribution in [-0.4, -0.2) is 23.6 Å². The van der Waals surface area contributed by atoms with Crippen LogP contribution < -0.4 is 5.32 Å². The summed E-state index contributed by atoms with van der Waals surface area (Å²) in [7, 11) is 0. The average molecular weight is 403 g/mol. The first kappa shape index (κ1) is 17.5. The molecule has 1 spiro atoms. The van der Waals surface area contributed by atoms with E-state index in [1.165, 1.54) is 12.8 Å². The van der Waals surface area contributed by atoms with E-state index in [-0.39, 0.29) is 12.0 Å². The third-order valence-corrected chi connectivity index (χ3v) is 6.38. The number of carbonyl (C=O) groups is 1. The Morgan fingerprint density at radius 2 is 2.07 bits per heavy atom. The molecule has 1 aliphatic carbocycles. The first-order valence-corrected chi connectivity index (χ1v) is 10.4. The molecule has 27 heavy (non-hydrogen) atoms. The largest absolute Gasteiger partial charge is 0.338 e. The topological polar surface area (TPSA) is 60.5 Å². The smallest absolute Gasteiger partial charge is 0.289 e. The second kappa shape index (κ2) is 6.78. The summed E-state index contributed by atoms with van der Waals surface area (Å²) in [5.74, 6) is -0.806. The third-order valence-electron chi connectivity index (χ3n) is 5.20. The molecule has 140 valence electrons. The number of halogens is 1. The van der Waals surface area contributed by atoms with Gasteiger partial charge in [-0.2, -0.15) is 0 Å². The molecule has 1 unspecified atom stereocenters. The molecule has 1 aromatic carbocycles. The lowest BCUT2D eigenvalue weighted by Crippen LogP contribution is -2.47. The summed E-state index contributed by atoms with van der Waals surface area (Å²) < 4.78 is 12.2. The molecule has 0 bridgehead atoms. The number of rotatable bonds is 4. The van der Waals surface area contributed by atoms with Gasteiger partial charge in [-0.1, -0.05) is 36.2 Å². The van der Waals surface area contributed by atoms with Gasteiger partial charge in [0.05, 0.1) is 18.4 Å². The molecular weight excluding hydrogens is 384 g/mol. The number of carbonyl (C=O) groups excluding carboxylic acids is 1. The zero-order valence-electron chi connectivity index (χ0n) is 14.6. The molecule has 1 amide bonds. The number of hydrogen-bond acceptors (Lipinski definition) is 5. The number of ether oxygens (including phenoxy) is 2. The fourth-order valence-corrected chi connectivity index (χ4v) is 4.82. The van der Waals surface area contributed by atoms with E-state index >= 15 is 0 Å². The zero-order valence-corrected chi connectivity index (χ0v) is 16.2. The van der Waals surface area contributed by atoms with E-state index in [9.17, 15) is 4.79 Å². The predicted octanol–water partition coefficient (Wildman–Crippen LogP) is 4.60. The second-order valence-electron chi connectivity index (χ2n) is 7.25. The van der Waals surface area contributed by atoms with Crippen LogP contribution in [0.3, 0.4) is 0 Å². The van der Waals surface area contributed by atoms with Gasteiger partial charge in [0.2, 0.25) is 0 Å². The maximum atomic E-state index is 12.8. The maximum Gasteiger partial charge on any atom is 0.289 e. The van der Waals surface area contributed by atoms with Gasteiger partial charge in [0.25, 0.3) is 11.7 Å². The van der Waals surface area contributed by atoms with Crippen LogP contribution in [0.4, 0.5) is 5.69 Å². The van der Waals surface area contributed by atoms with Gasteiger partial charge in [-0.3, -0.25) is 4.79 Å². The summed E-state index contributed by atoms with van der Waals surface area (Å²) in [6.45, 7) is 0.529. The summed E-state index contributed by atoms with van der Waals surface area (Å²) in [5, 5.41) is 3.37. The average Bonchev–Trinajstić information content (AvgIpc) is 3.43. The lowest BCUT2D eigenvalue weighted by atomic mass is 10.0. The molecule has 3 aliphatic rings. The minimum absolute atomic E-state index is 0.0678. The minimum Gasteiger partial charge on any atom is -0.338 e. The highest BCUT2D eigenvalue weighted by Crippen LogP contribution is 2.47. The fraction of sp³-hybridized carbons (Fsp3) is 0.400. The van der Waals surface area contributed by atoms with E-state index in [4.69, 9.17) is 21.1 Å². The lowest BCUT2D eigenvalue weighted by molar-refractivity contribution is -0.281. The molecule has 1 saturated heterocycles. The number of amides is 1. The summed E-state index contributed by atoms with van der Waals surface area (Å²) in [4.78, 5) is 18.8. The molecule has 2 aliphatic heterocycles. The van der Waals surface area contributed by atoms with Crippen LogP contribution in [0.5, 0.6) is 0 Å². The van der Waals surface area contributed by atoms with Gasteiger partial charge < -0.3 is 14.8 Å². The molecule has 1 aromatic heterocycles. The van der Waals surface area contributed by atoms with Crippen LogP contribution in [0.2, 0.25) is 5.15 Å². The van der Waals surface area contributed by atoms with E-state index in [1.54, 1.807) is 18.0 Å². The number of benzene rings is 1. The van der Waals surface area contributed by atoms with Gasteiger partial charge in [0.1, 0.15) is 5.15 Å². The van der Waals surface area contributed by atoms with Gasteiger partial charge >= 0.3 is 0 Å². The SMILES string of the molecule is O=C1Nc2ccc(Sc3ccnc(Cl)c3)cc2[C@]12OCCC(CC1CC1)O2. The van der Waals surface area contributed by atoms with Crippen molar-refractivity contribution in [2.45, 2.75) is 47.4 Å². The molecule has 1 saturated carbocycles. The van der Waals surface area contributed by atoms with Crippen LogP contribution in [0.1, 0.15) is 31.2 Å². The molecule has 1 N–H and O–H groups in total. The number of pyridine rings is 1. The number of nitrogens with zero attached hydrogens (tertiary/aromatic N) is 1. The summed E-state index contributed by atoms with van der Waals surface area (Å²) in [5.41, 5.74) is 1.52.